The Kier molecular flexibility index (Phi) is 4.33. The molecule has 0 aliphatic heterocycles. The molecular formula is C21H18FN3O2. The number of nitrogens with zero attached hydrogens (tertiary/aromatic N) is 3. The van der Waals surface area contributed by atoms with Gasteiger partial charge >= 0.3 is 0 Å². The standard InChI is InChI=1S/C21H18FN3O2/c1-14-2-4-16(5-3-14)20(26)13-24-10-11-25-19(21(24)27)12-18(23-25)15-6-8-17(22)9-7-15/h2-12,20,26H,13H2,1H3/t20-/m0/s1. The van der Waals surface area contributed by atoms with Crippen molar-refractivity contribution in [3.63, 3.8) is 0 Å². The van der Waals surface area contributed by atoms with Crippen LogP contribution in [0.15, 0.2) is 71.8 Å². The van der Waals surface area contributed by atoms with Gasteiger partial charge < -0.3 is 9.67 Å². The van der Waals surface area contributed by atoms with Crippen molar-refractivity contribution in [2.24, 2.45) is 0 Å². The van der Waals surface area contributed by atoms with Crippen LogP contribution in [0.2, 0.25) is 0 Å². The number of hydrogen-bond acceptors (Lipinski definition) is 3. The minimum atomic E-state index is -0.787. The summed E-state index contributed by atoms with van der Waals surface area (Å²) in [5.74, 6) is -0.324. The third kappa shape index (κ3) is 3.39. The van der Waals surface area contributed by atoms with Gasteiger partial charge in [0.1, 0.15) is 11.3 Å². The van der Waals surface area contributed by atoms with Crippen LogP contribution in [0.1, 0.15) is 17.2 Å². The third-order valence-electron chi connectivity index (χ3n) is 4.58. The molecule has 0 saturated carbocycles. The Morgan fingerprint density at radius 1 is 1.07 bits per heavy atom. The molecule has 0 bridgehead atoms. The van der Waals surface area contributed by atoms with Crippen molar-refractivity contribution in [2.45, 2.75) is 19.6 Å². The van der Waals surface area contributed by atoms with Crippen molar-refractivity contribution in [2.75, 3.05) is 0 Å². The molecule has 2 heterocycles. The Morgan fingerprint density at radius 3 is 2.48 bits per heavy atom. The van der Waals surface area contributed by atoms with Gasteiger partial charge in [-0.2, -0.15) is 5.10 Å². The van der Waals surface area contributed by atoms with Gasteiger partial charge in [-0.15, -0.1) is 0 Å². The molecule has 136 valence electrons. The van der Waals surface area contributed by atoms with Crippen molar-refractivity contribution >= 4 is 5.52 Å². The van der Waals surface area contributed by atoms with E-state index in [2.05, 4.69) is 5.10 Å². The van der Waals surface area contributed by atoms with E-state index in [1.807, 2.05) is 31.2 Å². The van der Waals surface area contributed by atoms with E-state index in [1.54, 1.807) is 30.6 Å². The second-order valence-electron chi connectivity index (χ2n) is 6.55. The lowest BCUT2D eigenvalue weighted by molar-refractivity contribution is 0.155. The van der Waals surface area contributed by atoms with Crippen molar-refractivity contribution in [3.05, 3.63) is 94.3 Å². The highest BCUT2D eigenvalue weighted by Crippen LogP contribution is 2.19. The number of aliphatic hydroxyl groups excluding tert-OH is 1. The van der Waals surface area contributed by atoms with Gasteiger partial charge in [0.25, 0.3) is 5.56 Å². The molecule has 0 unspecified atom stereocenters. The first-order valence-electron chi connectivity index (χ1n) is 8.61. The lowest BCUT2D eigenvalue weighted by Gasteiger charge is -2.13. The molecule has 1 N–H and O–H groups in total. The minimum Gasteiger partial charge on any atom is -0.387 e. The summed E-state index contributed by atoms with van der Waals surface area (Å²) >= 11 is 0. The molecule has 4 rings (SSSR count). The fourth-order valence-electron chi connectivity index (χ4n) is 3.01. The Labute approximate surface area is 154 Å². The minimum absolute atomic E-state index is 0.148. The van der Waals surface area contributed by atoms with E-state index in [-0.39, 0.29) is 17.9 Å². The third-order valence-corrected chi connectivity index (χ3v) is 4.58. The smallest absolute Gasteiger partial charge is 0.276 e. The van der Waals surface area contributed by atoms with Crippen LogP contribution in [-0.2, 0) is 6.54 Å². The topological polar surface area (TPSA) is 59.5 Å². The summed E-state index contributed by atoms with van der Waals surface area (Å²) in [6, 6.07) is 15.2. The summed E-state index contributed by atoms with van der Waals surface area (Å²) in [6.07, 6.45) is 2.49. The average Bonchev–Trinajstić information content (AvgIpc) is 3.10. The molecule has 0 saturated heterocycles. The zero-order valence-corrected chi connectivity index (χ0v) is 14.7. The maximum atomic E-state index is 13.1. The fourth-order valence-corrected chi connectivity index (χ4v) is 3.01. The second kappa shape index (κ2) is 6.81. The van der Waals surface area contributed by atoms with Crippen LogP contribution in [0.3, 0.4) is 0 Å². The molecule has 2 aromatic carbocycles. The lowest BCUT2D eigenvalue weighted by atomic mass is 10.1. The van der Waals surface area contributed by atoms with E-state index in [4.69, 9.17) is 0 Å². The molecule has 0 spiro atoms. The second-order valence-corrected chi connectivity index (χ2v) is 6.55. The molecule has 0 radical (unpaired) electrons. The number of fused-ring (bicyclic) bond motifs is 1. The van der Waals surface area contributed by atoms with Gasteiger partial charge in [-0.05, 0) is 42.8 Å². The summed E-state index contributed by atoms with van der Waals surface area (Å²) < 4.78 is 16.1. The zero-order valence-electron chi connectivity index (χ0n) is 14.7. The molecule has 27 heavy (non-hydrogen) atoms. The average molecular weight is 363 g/mol. The van der Waals surface area contributed by atoms with Crippen molar-refractivity contribution in [1.29, 1.82) is 0 Å². The van der Waals surface area contributed by atoms with Crippen molar-refractivity contribution in [1.82, 2.24) is 14.2 Å². The first-order chi connectivity index (χ1) is 13.0. The molecule has 6 heteroatoms. The monoisotopic (exact) mass is 363 g/mol. The van der Waals surface area contributed by atoms with Crippen LogP contribution in [0.25, 0.3) is 16.8 Å². The number of aryl methyl sites for hydroxylation is 1. The van der Waals surface area contributed by atoms with Crippen LogP contribution in [0.4, 0.5) is 4.39 Å². The molecule has 2 aromatic heterocycles. The number of rotatable bonds is 4. The van der Waals surface area contributed by atoms with E-state index in [9.17, 15) is 14.3 Å². The SMILES string of the molecule is Cc1ccc([C@@H](O)Cn2ccn3nc(-c4ccc(F)cc4)cc3c2=O)cc1. The first kappa shape index (κ1) is 17.2. The highest BCUT2D eigenvalue weighted by Gasteiger charge is 2.13. The Morgan fingerprint density at radius 2 is 1.78 bits per heavy atom. The Balaban J connectivity index is 1.66. The number of aliphatic hydroxyl groups is 1. The van der Waals surface area contributed by atoms with E-state index in [1.165, 1.54) is 21.2 Å². The van der Waals surface area contributed by atoms with Crippen LogP contribution < -0.4 is 5.56 Å². The van der Waals surface area contributed by atoms with Crippen molar-refractivity contribution in [3.8, 4) is 11.3 Å². The molecule has 0 aliphatic carbocycles. The highest BCUT2D eigenvalue weighted by molar-refractivity contribution is 5.65. The molecule has 0 aliphatic rings. The summed E-state index contributed by atoms with van der Waals surface area (Å²) in [6.45, 7) is 2.13. The molecule has 0 amide bonds. The molecule has 1 atom stereocenters. The van der Waals surface area contributed by atoms with Gasteiger partial charge in [-0.25, -0.2) is 8.91 Å². The Hall–Kier alpha value is -3.25. The van der Waals surface area contributed by atoms with Crippen LogP contribution >= 0.6 is 0 Å². The fraction of sp³-hybridized carbons (Fsp3) is 0.143. The van der Waals surface area contributed by atoms with Crippen LogP contribution in [0.5, 0.6) is 0 Å². The first-order valence-corrected chi connectivity index (χ1v) is 8.61. The highest BCUT2D eigenvalue weighted by atomic mass is 19.1. The summed E-state index contributed by atoms with van der Waals surface area (Å²) in [5.41, 5.74) is 3.33. The van der Waals surface area contributed by atoms with Gasteiger partial charge in [0.2, 0.25) is 0 Å². The van der Waals surface area contributed by atoms with E-state index >= 15 is 0 Å². The summed E-state index contributed by atoms with van der Waals surface area (Å²) in [7, 11) is 0. The van der Waals surface area contributed by atoms with Gasteiger partial charge in [0, 0.05) is 18.0 Å². The largest absolute Gasteiger partial charge is 0.387 e. The van der Waals surface area contributed by atoms with E-state index < -0.39 is 6.10 Å². The molecule has 0 fully saturated rings. The maximum absolute atomic E-state index is 13.1. The maximum Gasteiger partial charge on any atom is 0.276 e. The van der Waals surface area contributed by atoms with Crippen molar-refractivity contribution < 1.29 is 9.50 Å². The molecule has 5 nitrogen and oxygen atoms in total. The number of hydrogen-bond donors (Lipinski definition) is 1. The zero-order chi connectivity index (χ0) is 19.0. The van der Waals surface area contributed by atoms with E-state index in [0.717, 1.165) is 16.7 Å². The predicted molar refractivity (Wildman–Crippen MR) is 101 cm³/mol. The van der Waals surface area contributed by atoms with Gasteiger partial charge in [0.15, 0.2) is 0 Å². The quantitative estimate of drug-likeness (QED) is 0.605. The van der Waals surface area contributed by atoms with Gasteiger partial charge in [0.05, 0.1) is 18.3 Å². The van der Waals surface area contributed by atoms with E-state index in [0.29, 0.717) is 11.2 Å². The number of aromatic nitrogens is 3. The van der Waals surface area contributed by atoms with Crippen LogP contribution in [0, 0.1) is 12.7 Å². The molecular weight excluding hydrogens is 345 g/mol. The van der Waals surface area contributed by atoms with Gasteiger partial charge in [-0.3, -0.25) is 4.79 Å². The summed E-state index contributed by atoms with van der Waals surface area (Å²) in [4.78, 5) is 12.8. The lowest BCUT2D eigenvalue weighted by Crippen LogP contribution is -2.24. The Bertz CT molecular complexity index is 1140. The number of benzene rings is 2. The summed E-state index contributed by atoms with van der Waals surface area (Å²) in [5, 5.41) is 14.8. The normalized spacial score (nSPS) is 12.4. The number of halogens is 1. The molecule has 4 aromatic rings. The predicted octanol–water partition coefficient (Wildman–Crippen LogP) is 3.34. The van der Waals surface area contributed by atoms with Gasteiger partial charge in [-0.1, -0.05) is 29.8 Å². The van der Waals surface area contributed by atoms with Crippen LogP contribution in [-0.4, -0.2) is 19.3 Å².